The summed E-state index contributed by atoms with van der Waals surface area (Å²) in [6.07, 6.45) is 1.44. The number of ether oxygens (including phenoxy) is 3. The highest BCUT2D eigenvalue weighted by molar-refractivity contribution is 7.10. The SMILES string of the molecule is CCCN(CC(=O)N(CCc1ccc(OC)c(OC)c1)Cc1sccc1C)C(=O)COC. The molecule has 0 saturated carbocycles. The Morgan fingerprint density at radius 2 is 1.72 bits per heavy atom. The van der Waals surface area contributed by atoms with E-state index in [0.717, 1.165) is 16.9 Å². The molecule has 32 heavy (non-hydrogen) atoms. The minimum atomic E-state index is -0.171. The highest BCUT2D eigenvalue weighted by atomic mass is 32.1. The molecule has 1 aromatic heterocycles. The Hall–Kier alpha value is -2.58. The fourth-order valence-electron chi connectivity index (χ4n) is 3.37. The average molecular weight is 463 g/mol. The van der Waals surface area contributed by atoms with E-state index >= 15 is 0 Å². The summed E-state index contributed by atoms with van der Waals surface area (Å²) in [4.78, 5) is 30.2. The van der Waals surface area contributed by atoms with E-state index in [4.69, 9.17) is 14.2 Å². The third-order valence-corrected chi connectivity index (χ3v) is 6.22. The maximum atomic E-state index is 13.3. The Bertz CT molecular complexity index is 883. The number of benzene rings is 1. The lowest BCUT2D eigenvalue weighted by molar-refractivity contribution is -0.143. The first kappa shape index (κ1) is 25.7. The van der Waals surface area contributed by atoms with E-state index in [9.17, 15) is 9.59 Å². The summed E-state index contributed by atoms with van der Waals surface area (Å²) in [5, 5.41) is 2.03. The number of methoxy groups -OCH3 is 3. The van der Waals surface area contributed by atoms with Gasteiger partial charge >= 0.3 is 0 Å². The Labute approximate surface area is 194 Å². The van der Waals surface area contributed by atoms with E-state index in [1.54, 1.807) is 30.5 Å². The standard InChI is InChI=1S/C24H34N2O5S/c1-6-11-25(24(28)17-29-3)16-23(27)26(15-22-18(2)10-13-32-22)12-9-19-7-8-20(30-4)21(14-19)31-5/h7-8,10,13-14H,6,9,11-12,15-17H2,1-5H3. The van der Waals surface area contributed by atoms with E-state index in [1.165, 1.54) is 12.7 Å². The summed E-state index contributed by atoms with van der Waals surface area (Å²) < 4.78 is 15.7. The molecule has 0 bridgehead atoms. The highest BCUT2D eigenvalue weighted by Crippen LogP contribution is 2.28. The second-order valence-corrected chi connectivity index (χ2v) is 8.53. The van der Waals surface area contributed by atoms with Crippen LogP contribution in [-0.4, -0.2) is 69.2 Å². The van der Waals surface area contributed by atoms with E-state index in [-0.39, 0.29) is 25.0 Å². The van der Waals surface area contributed by atoms with Crippen LogP contribution in [0.15, 0.2) is 29.6 Å². The van der Waals surface area contributed by atoms with Crippen LogP contribution in [0.2, 0.25) is 0 Å². The molecule has 0 unspecified atom stereocenters. The van der Waals surface area contributed by atoms with Gasteiger partial charge in [-0.1, -0.05) is 13.0 Å². The molecule has 2 rings (SSSR count). The van der Waals surface area contributed by atoms with Gasteiger partial charge in [-0.3, -0.25) is 9.59 Å². The van der Waals surface area contributed by atoms with Crippen LogP contribution in [-0.2, 0) is 27.3 Å². The summed E-state index contributed by atoms with van der Waals surface area (Å²) in [5.41, 5.74) is 2.21. The molecule has 0 saturated heterocycles. The topological polar surface area (TPSA) is 68.3 Å². The van der Waals surface area contributed by atoms with Crippen LogP contribution in [0, 0.1) is 6.92 Å². The number of nitrogens with zero attached hydrogens (tertiary/aromatic N) is 2. The molecule has 0 aliphatic heterocycles. The van der Waals surface area contributed by atoms with E-state index < -0.39 is 0 Å². The third-order valence-electron chi connectivity index (χ3n) is 5.21. The first-order valence-electron chi connectivity index (χ1n) is 10.7. The van der Waals surface area contributed by atoms with Gasteiger partial charge in [0.25, 0.3) is 0 Å². The van der Waals surface area contributed by atoms with Gasteiger partial charge in [0.05, 0.1) is 27.3 Å². The maximum absolute atomic E-state index is 13.3. The molecule has 0 N–H and O–H groups in total. The molecule has 176 valence electrons. The molecule has 0 atom stereocenters. The van der Waals surface area contributed by atoms with E-state index in [1.807, 2.05) is 42.3 Å². The zero-order chi connectivity index (χ0) is 23.5. The van der Waals surface area contributed by atoms with Gasteiger partial charge < -0.3 is 24.0 Å². The normalized spacial score (nSPS) is 10.7. The van der Waals surface area contributed by atoms with Crippen LogP contribution < -0.4 is 9.47 Å². The van der Waals surface area contributed by atoms with Crippen LogP contribution >= 0.6 is 11.3 Å². The zero-order valence-electron chi connectivity index (χ0n) is 19.7. The monoisotopic (exact) mass is 462 g/mol. The summed E-state index contributed by atoms with van der Waals surface area (Å²) in [6.45, 7) is 5.64. The van der Waals surface area contributed by atoms with Crippen molar-refractivity contribution >= 4 is 23.2 Å². The van der Waals surface area contributed by atoms with Crippen molar-refractivity contribution in [2.24, 2.45) is 0 Å². The Balaban J connectivity index is 2.17. The quantitative estimate of drug-likeness (QED) is 0.456. The predicted octanol–water partition coefficient (Wildman–Crippen LogP) is 3.53. The lowest BCUT2D eigenvalue weighted by Crippen LogP contribution is -2.44. The molecule has 0 aliphatic rings. The maximum Gasteiger partial charge on any atom is 0.249 e. The number of hydrogen-bond acceptors (Lipinski definition) is 6. The van der Waals surface area contributed by atoms with Crippen molar-refractivity contribution in [2.45, 2.75) is 33.2 Å². The molecule has 0 radical (unpaired) electrons. The van der Waals surface area contributed by atoms with Crippen molar-refractivity contribution in [1.82, 2.24) is 9.80 Å². The van der Waals surface area contributed by atoms with E-state index in [2.05, 4.69) is 6.07 Å². The average Bonchev–Trinajstić information content (AvgIpc) is 3.20. The molecule has 0 aliphatic carbocycles. The van der Waals surface area contributed by atoms with Gasteiger partial charge in [0, 0.05) is 25.1 Å². The van der Waals surface area contributed by atoms with Gasteiger partial charge in [-0.25, -0.2) is 0 Å². The van der Waals surface area contributed by atoms with Crippen molar-refractivity contribution in [2.75, 3.05) is 47.6 Å². The van der Waals surface area contributed by atoms with Crippen LogP contribution in [0.25, 0.3) is 0 Å². The molecule has 8 heteroatoms. The first-order chi connectivity index (χ1) is 15.4. The number of amides is 2. The fraction of sp³-hybridized carbons (Fsp3) is 0.500. The number of hydrogen-bond donors (Lipinski definition) is 0. The van der Waals surface area contributed by atoms with Crippen molar-refractivity contribution in [3.8, 4) is 11.5 Å². The van der Waals surface area contributed by atoms with Gasteiger partial charge in [-0.15, -0.1) is 11.3 Å². The molecule has 1 aromatic carbocycles. The van der Waals surface area contributed by atoms with Crippen LogP contribution in [0.1, 0.15) is 29.3 Å². The van der Waals surface area contributed by atoms with Crippen molar-refractivity contribution in [1.29, 1.82) is 0 Å². The van der Waals surface area contributed by atoms with Gasteiger partial charge in [-0.2, -0.15) is 0 Å². The van der Waals surface area contributed by atoms with Gasteiger partial charge in [0.2, 0.25) is 11.8 Å². The fourth-order valence-corrected chi connectivity index (χ4v) is 4.29. The van der Waals surface area contributed by atoms with Gasteiger partial charge in [-0.05, 0) is 54.5 Å². The Kier molecular flexibility index (Phi) is 10.5. The second kappa shape index (κ2) is 13.1. The molecule has 1 heterocycles. The number of aryl methyl sites for hydroxylation is 1. The number of thiophene rings is 1. The summed E-state index contributed by atoms with van der Waals surface area (Å²) in [7, 11) is 4.70. The lowest BCUT2D eigenvalue weighted by atomic mass is 10.1. The summed E-state index contributed by atoms with van der Waals surface area (Å²) in [5.74, 6) is 1.09. The highest BCUT2D eigenvalue weighted by Gasteiger charge is 2.22. The van der Waals surface area contributed by atoms with Crippen LogP contribution in [0.4, 0.5) is 0 Å². The number of carbonyl (C=O) groups is 2. The molecule has 2 aromatic rings. The first-order valence-corrected chi connectivity index (χ1v) is 11.6. The zero-order valence-corrected chi connectivity index (χ0v) is 20.5. The third kappa shape index (κ3) is 7.24. The van der Waals surface area contributed by atoms with Crippen LogP contribution in [0.5, 0.6) is 11.5 Å². The molecule has 0 spiro atoms. The number of carbonyl (C=O) groups excluding carboxylic acids is 2. The smallest absolute Gasteiger partial charge is 0.249 e. The van der Waals surface area contributed by atoms with Crippen molar-refractivity contribution < 1.29 is 23.8 Å². The molecule has 7 nitrogen and oxygen atoms in total. The summed E-state index contributed by atoms with van der Waals surface area (Å²) in [6, 6.07) is 7.84. The van der Waals surface area contributed by atoms with Crippen molar-refractivity contribution in [3.05, 3.63) is 45.6 Å². The molecular formula is C24H34N2O5S. The lowest BCUT2D eigenvalue weighted by Gasteiger charge is -2.27. The van der Waals surface area contributed by atoms with Crippen LogP contribution in [0.3, 0.4) is 0 Å². The summed E-state index contributed by atoms with van der Waals surface area (Å²) >= 11 is 1.64. The van der Waals surface area contributed by atoms with E-state index in [0.29, 0.717) is 37.6 Å². The minimum Gasteiger partial charge on any atom is -0.493 e. The van der Waals surface area contributed by atoms with Gasteiger partial charge in [0.15, 0.2) is 11.5 Å². The molecular weight excluding hydrogens is 428 g/mol. The molecule has 0 fully saturated rings. The Morgan fingerprint density at radius 1 is 0.969 bits per heavy atom. The number of rotatable bonds is 13. The van der Waals surface area contributed by atoms with Crippen molar-refractivity contribution in [3.63, 3.8) is 0 Å². The minimum absolute atomic E-state index is 0.0248. The molecule has 2 amide bonds. The van der Waals surface area contributed by atoms with Gasteiger partial charge in [0.1, 0.15) is 6.61 Å². The Morgan fingerprint density at radius 3 is 2.31 bits per heavy atom. The second-order valence-electron chi connectivity index (χ2n) is 7.53. The predicted molar refractivity (Wildman–Crippen MR) is 126 cm³/mol. The largest absolute Gasteiger partial charge is 0.493 e.